The predicted octanol–water partition coefficient (Wildman–Crippen LogP) is 1.53. The van der Waals surface area contributed by atoms with Crippen LogP contribution < -0.4 is 5.32 Å². The molecule has 0 aliphatic carbocycles. The van der Waals surface area contributed by atoms with Crippen LogP contribution >= 0.6 is 0 Å². The van der Waals surface area contributed by atoms with Crippen molar-refractivity contribution < 1.29 is 9.53 Å². The molecule has 2 aliphatic rings. The standard InChI is InChI=1S/C13H16N2O2/c1-9-14-11-6-4-3-5-10(11)13(17-9)7-8-15(2)12(13)16/h3-6,9,14H,7-8H2,1-2H3. The van der Waals surface area contributed by atoms with Crippen LogP contribution in [0.25, 0.3) is 0 Å². The van der Waals surface area contributed by atoms with Crippen molar-refractivity contribution in [1.29, 1.82) is 0 Å². The maximum Gasteiger partial charge on any atom is 0.259 e. The number of benzene rings is 1. The largest absolute Gasteiger partial charge is 0.360 e. The zero-order valence-electron chi connectivity index (χ0n) is 10.1. The number of rotatable bonds is 0. The van der Waals surface area contributed by atoms with Gasteiger partial charge in [-0.15, -0.1) is 0 Å². The molecule has 0 saturated carbocycles. The first-order chi connectivity index (χ1) is 8.13. The molecule has 3 rings (SSSR count). The molecular formula is C13H16N2O2. The molecule has 2 atom stereocenters. The van der Waals surface area contributed by atoms with Gasteiger partial charge in [-0.1, -0.05) is 18.2 Å². The minimum absolute atomic E-state index is 0.0679. The van der Waals surface area contributed by atoms with Crippen molar-refractivity contribution in [3.63, 3.8) is 0 Å². The molecule has 1 saturated heterocycles. The fourth-order valence-corrected chi connectivity index (χ4v) is 2.78. The summed E-state index contributed by atoms with van der Waals surface area (Å²) in [5, 5.41) is 3.25. The third-order valence-corrected chi connectivity index (χ3v) is 3.59. The van der Waals surface area contributed by atoms with Crippen LogP contribution in [0, 0.1) is 0 Å². The second-order valence-corrected chi connectivity index (χ2v) is 4.75. The van der Waals surface area contributed by atoms with E-state index in [4.69, 9.17) is 4.74 Å². The fourth-order valence-electron chi connectivity index (χ4n) is 2.78. The maximum atomic E-state index is 12.4. The summed E-state index contributed by atoms with van der Waals surface area (Å²) in [5.41, 5.74) is 1.21. The smallest absolute Gasteiger partial charge is 0.259 e. The molecular weight excluding hydrogens is 216 g/mol. The molecule has 2 unspecified atom stereocenters. The first kappa shape index (κ1) is 10.6. The number of hydrogen-bond donors (Lipinski definition) is 1. The van der Waals surface area contributed by atoms with Gasteiger partial charge in [-0.25, -0.2) is 0 Å². The lowest BCUT2D eigenvalue weighted by Crippen LogP contribution is -2.46. The van der Waals surface area contributed by atoms with Crippen LogP contribution in [-0.4, -0.2) is 30.6 Å². The molecule has 0 aromatic heterocycles. The average molecular weight is 232 g/mol. The van der Waals surface area contributed by atoms with Crippen LogP contribution in [0.5, 0.6) is 0 Å². The monoisotopic (exact) mass is 232 g/mol. The number of carbonyl (C=O) groups excluding carboxylic acids is 1. The Labute approximate surface area is 101 Å². The van der Waals surface area contributed by atoms with Gasteiger partial charge in [0.25, 0.3) is 5.91 Å². The third-order valence-electron chi connectivity index (χ3n) is 3.59. The molecule has 2 aliphatic heterocycles. The van der Waals surface area contributed by atoms with Crippen LogP contribution in [0.15, 0.2) is 24.3 Å². The molecule has 90 valence electrons. The second kappa shape index (κ2) is 3.47. The molecule has 4 nitrogen and oxygen atoms in total. The van der Waals surface area contributed by atoms with E-state index >= 15 is 0 Å². The summed E-state index contributed by atoms with van der Waals surface area (Å²) in [6.07, 6.45) is 0.589. The number of ether oxygens (including phenoxy) is 1. The molecule has 4 heteroatoms. The zero-order valence-corrected chi connectivity index (χ0v) is 10.1. The number of fused-ring (bicyclic) bond motifs is 2. The van der Waals surface area contributed by atoms with Crippen LogP contribution in [0.1, 0.15) is 18.9 Å². The molecule has 1 amide bonds. The van der Waals surface area contributed by atoms with E-state index in [9.17, 15) is 4.79 Å². The van der Waals surface area contributed by atoms with E-state index < -0.39 is 5.60 Å². The molecule has 1 fully saturated rings. The second-order valence-electron chi connectivity index (χ2n) is 4.75. The number of para-hydroxylation sites is 1. The SMILES string of the molecule is CC1Nc2ccccc2C2(CCN(C)C2=O)O1. The molecule has 1 spiro atoms. The predicted molar refractivity (Wildman–Crippen MR) is 64.5 cm³/mol. The van der Waals surface area contributed by atoms with Crippen LogP contribution in [0.3, 0.4) is 0 Å². The first-order valence-corrected chi connectivity index (χ1v) is 5.93. The lowest BCUT2D eigenvalue weighted by atomic mass is 9.89. The number of hydrogen-bond acceptors (Lipinski definition) is 3. The number of carbonyl (C=O) groups is 1. The quantitative estimate of drug-likeness (QED) is 0.737. The first-order valence-electron chi connectivity index (χ1n) is 5.93. The molecule has 0 bridgehead atoms. The summed E-state index contributed by atoms with van der Waals surface area (Å²) in [6, 6.07) is 7.90. The van der Waals surface area contributed by atoms with Crippen molar-refractivity contribution in [3.05, 3.63) is 29.8 Å². The molecule has 1 N–H and O–H groups in total. The minimum Gasteiger partial charge on any atom is -0.360 e. The number of anilines is 1. The van der Waals surface area contributed by atoms with E-state index in [-0.39, 0.29) is 12.1 Å². The van der Waals surface area contributed by atoms with E-state index in [0.29, 0.717) is 0 Å². The fraction of sp³-hybridized carbons (Fsp3) is 0.462. The van der Waals surface area contributed by atoms with Gasteiger partial charge in [-0.3, -0.25) is 4.79 Å². The highest BCUT2D eigenvalue weighted by Gasteiger charge is 2.52. The Bertz CT molecular complexity index is 474. The number of nitrogens with one attached hydrogen (secondary N) is 1. The van der Waals surface area contributed by atoms with E-state index in [1.807, 2.05) is 38.2 Å². The zero-order chi connectivity index (χ0) is 12.0. The van der Waals surface area contributed by atoms with Crippen LogP contribution in [-0.2, 0) is 15.1 Å². The average Bonchev–Trinajstić information content (AvgIpc) is 2.59. The number of nitrogens with zero attached hydrogens (tertiary/aromatic N) is 1. The highest BCUT2D eigenvalue weighted by molar-refractivity contribution is 5.90. The maximum absolute atomic E-state index is 12.4. The summed E-state index contributed by atoms with van der Waals surface area (Å²) in [4.78, 5) is 14.1. The Morgan fingerprint density at radius 1 is 1.47 bits per heavy atom. The van der Waals surface area contributed by atoms with E-state index in [0.717, 1.165) is 24.2 Å². The topological polar surface area (TPSA) is 41.6 Å². The third kappa shape index (κ3) is 1.37. The van der Waals surface area contributed by atoms with Crippen molar-refractivity contribution in [2.45, 2.75) is 25.2 Å². The Kier molecular flexibility index (Phi) is 2.16. The Balaban J connectivity index is 2.15. The lowest BCUT2D eigenvalue weighted by molar-refractivity contribution is -0.156. The van der Waals surface area contributed by atoms with Crippen molar-refractivity contribution in [3.8, 4) is 0 Å². The molecule has 2 heterocycles. The number of likely N-dealkylation sites (N-methyl/N-ethyl adjacent to an activating group) is 1. The summed E-state index contributed by atoms with van der Waals surface area (Å²) in [5.74, 6) is 0.0679. The molecule has 1 aromatic carbocycles. The molecule has 0 radical (unpaired) electrons. The summed E-state index contributed by atoms with van der Waals surface area (Å²) < 4.78 is 5.94. The van der Waals surface area contributed by atoms with Gasteiger partial charge in [0.1, 0.15) is 6.23 Å². The summed E-state index contributed by atoms with van der Waals surface area (Å²) >= 11 is 0. The Morgan fingerprint density at radius 2 is 2.24 bits per heavy atom. The number of amides is 1. The van der Waals surface area contributed by atoms with Gasteiger partial charge in [-0.05, 0) is 13.0 Å². The molecule has 1 aromatic rings. The highest BCUT2D eigenvalue weighted by atomic mass is 16.5. The van der Waals surface area contributed by atoms with Crippen molar-refractivity contribution in [2.75, 3.05) is 18.9 Å². The van der Waals surface area contributed by atoms with E-state index in [1.165, 1.54) is 0 Å². The van der Waals surface area contributed by atoms with Gasteiger partial charge in [-0.2, -0.15) is 0 Å². The highest BCUT2D eigenvalue weighted by Crippen LogP contribution is 2.43. The normalized spacial score (nSPS) is 31.5. The van der Waals surface area contributed by atoms with Crippen LogP contribution in [0.4, 0.5) is 5.69 Å². The van der Waals surface area contributed by atoms with Gasteiger partial charge >= 0.3 is 0 Å². The number of likely N-dealkylation sites (tertiary alicyclic amines) is 1. The van der Waals surface area contributed by atoms with Gasteiger partial charge < -0.3 is 15.0 Å². The Morgan fingerprint density at radius 3 is 2.94 bits per heavy atom. The van der Waals surface area contributed by atoms with Crippen molar-refractivity contribution >= 4 is 11.6 Å². The molecule has 17 heavy (non-hydrogen) atoms. The van der Waals surface area contributed by atoms with E-state index in [1.54, 1.807) is 4.90 Å². The van der Waals surface area contributed by atoms with E-state index in [2.05, 4.69) is 5.32 Å². The van der Waals surface area contributed by atoms with Gasteiger partial charge in [0.15, 0.2) is 5.60 Å². The van der Waals surface area contributed by atoms with Gasteiger partial charge in [0, 0.05) is 31.3 Å². The van der Waals surface area contributed by atoms with Gasteiger partial charge in [0.05, 0.1) is 0 Å². The van der Waals surface area contributed by atoms with Crippen LogP contribution in [0.2, 0.25) is 0 Å². The van der Waals surface area contributed by atoms with Crippen molar-refractivity contribution in [2.24, 2.45) is 0 Å². The summed E-state index contributed by atoms with van der Waals surface area (Å²) in [7, 11) is 1.83. The van der Waals surface area contributed by atoms with Crippen molar-refractivity contribution in [1.82, 2.24) is 4.90 Å². The summed E-state index contributed by atoms with van der Waals surface area (Å²) in [6.45, 7) is 2.68. The lowest BCUT2D eigenvalue weighted by Gasteiger charge is -2.38. The minimum atomic E-state index is -0.768. The van der Waals surface area contributed by atoms with Gasteiger partial charge in [0.2, 0.25) is 0 Å². The Hall–Kier alpha value is -1.55.